The van der Waals surface area contributed by atoms with Crippen LogP contribution in [0.4, 0.5) is 0 Å². The first-order valence-electron chi connectivity index (χ1n) is 3.76. The topological polar surface area (TPSA) is 21.3 Å². The Hall–Kier alpha value is -1.02. The Morgan fingerprint density at radius 2 is 2.55 bits per heavy atom. The van der Waals surface area contributed by atoms with E-state index < -0.39 is 0 Å². The second-order valence-corrected chi connectivity index (χ2v) is 2.25. The van der Waals surface area contributed by atoms with Crippen molar-refractivity contribution in [2.24, 2.45) is 0 Å². The third-order valence-electron chi connectivity index (χ3n) is 1.39. The predicted octanol–water partition coefficient (Wildman–Crippen LogP) is 1.23. The average Bonchev–Trinajstić information content (AvgIpc) is 2.28. The summed E-state index contributed by atoms with van der Waals surface area (Å²) in [6, 6.07) is 0. The van der Waals surface area contributed by atoms with E-state index in [1.54, 1.807) is 6.08 Å². The highest BCUT2D eigenvalue weighted by Crippen LogP contribution is 2.00. The molecule has 1 rings (SSSR count). The molecule has 0 spiro atoms. The van der Waals surface area contributed by atoms with Crippen LogP contribution in [0.5, 0.6) is 0 Å². The van der Waals surface area contributed by atoms with E-state index in [0.717, 1.165) is 25.5 Å². The maximum atomic E-state index is 5.37. The molecule has 1 aliphatic heterocycles. The number of nitrogens with one attached hydrogen (secondary N) is 1. The second-order valence-electron chi connectivity index (χ2n) is 2.25. The maximum absolute atomic E-state index is 5.37. The Kier molecular flexibility index (Phi) is 3.48. The van der Waals surface area contributed by atoms with E-state index in [-0.39, 0.29) is 0 Å². The van der Waals surface area contributed by atoms with Gasteiger partial charge in [-0.25, -0.2) is 0 Å². The quantitative estimate of drug-likeness (QED) is 0.599. The number of rotatable bonds is 2. The lowest BCUT2D eigenvalue weighted by Gasteiger charge is -2.00. The smallest absolute Gasteiger partial charge is 0.116 e. The molecular weight excluding hydrogens is 138 g/mol. The van der Waals surface area contributed by atoms with Gasteiger partial charge < -0.3 is 10.1 Å². The first-order valence-corrected chi connectivity index (χ1v) is 3.76. The zero-order chi connectivity index (χ0) is 7.94. The van der Waals surface area contributed by atoms with E-state index in [1.165, 1.54) is 0 Å². The van der Waals surface area contributed by atoms with Gasteiger partial charge in [-0.1, -0.05) is 18.7 Å². The van der Waals surface area contributed by atoms with Crippen molar-refractivity contribution in [3.63, 3.8) is 0 Å². The van der Waals surface area contributed by atoms with Crippen molar-refractivity contribution in [2.45, 2.75) is 0 Å². The summed E-state index contributed by atoms with van der Waals surface area (Å²) in [5, 5.41) is 3.19. The van der Waals surface area contributed by atoms with E-state index in [4.69, 9.17) is 4.74 Å². The molecule has 2 nitrogen and oxygen atoms in total. The highest BCUT2D eigenvalue weighted by Gasteiger charge is 1.96. The van der Waals surface area contributed by atoms with Gasteiger partial charge in [0.1, 0.15) is 12.4 Å². The Morgan fingerprint density at radius 3 is 3.36 bits per heavy atom. The van der Waals surface area contributed by atoms with Gasteiger partial charge in [0.2, 0.25) is 0 Å². The van der Waals surface area contributed by atoms with Crippen LogP contribution >= 0.6 is 0 Å². The zero-order valence-corrected chi connectivity index (χ0v) is 6.55. The molecule has 0 bridgehead atoms. The van der Waals surface area contributed by atoms with Crippen LogP contribution in [-0.2, 0) is 4.74 Å². The highest BCUT2D eigenvalue weighted by atomic mass is 16.5. The molecule has 0 aromatic heterocycles. The van der Waals surface area contributed by atoms with E-state index in [9.17, 15) is 0 Å². The third kappa shape index (κ3) is 3.05. The van der Waals surface area contributed by atoms with E-state index in [0.29, 0.717) is 0 Å². The minimum atomic E-state index is 0.743. The average molecular weight is 151 g/mol. The van der Waals surface area contributed by atoms with Gasteiger partial charge in [-0.2, -0.15) is 0 Å². The normalized spacial score (nSPS) is 18.7. The van der Waals surface area contributed by atoms with Crippen molar-refractivity contribution in [1.82, 2.24) is 5.32 Å². The first kappa shape index (κ1) is 8.08. The summed E-state index contributed by atoms with van der Waals surface area (Å²) in [7, 11) is 0. The molecule has 0 saturated heterocycles. The van der Waals surface area contributed by atoms with Crippen LogP contribution in [0, 0.1) is 0 Å². The highest BCUT2D eigenvalue weighted by molar-refractivity contribution is 5.16. The minimum absolute atomic E-state index is 0.743. The molecule has 0 saturated carbocycles. The number of hydrogen-bond acceptors (Lipinski definition) is 2. The van der Waals surface area contributed by atoms with E-state index in [2.05, 4.69) is 11.9 Å². The van der Waals surface area contributed by atoms with Gasteiger partial charge in [0.15, 0.2) is 0 Å². The molecule has 0 atom stereocenters. The molecule has 1 heterocycles. The van der Waals surface area contributed by atoms with E-state index in [1.807, 2.05) is 18.2 Å². The molecule has 0 aromatic rings. The first-order chi connectivity index (χ1) is 5.43. The number of allylic oxidation sites excluding steroid dienone is 3. The molecular formula is C9H13NO. The second kappa shape index (κ2) is 4.74. The zero-order valence-electron chi connectivity index (χ0n) is 6.55. The lowest BCUT2D eigenvalue weighted by molar-refractivity contribution is 0.233. The van der Waals surface area contributed by atoms with E-state index >= 15 is 0 Å². The van der Waals surface area contributed by atoms with Crippen LogP contribution in [0.25, 0.3) is 0 Å². The van der Waals surface area contributed by atoms with Gasteiger partial charge >= 0.3 is 0 Å². The minimum Gasteiger partial charge on any atom is -0.493 e. The van der Waals surface area contributed by atoms with Crippen molar-refractivity contribution in [2.75, 3.05) is 19.7 Å². The van der Waals surface area contributed by atoms with Crippen molar-refractivity contribution in [3.05, 3.63) is 36.6 Å². The number of hydrogen-bond donors (Lipinski definition) is 1. The summed E-state index contributed by atoms with van der Waals surface area (Å²) < 4.78 is 5.37. The predicted molar refractivity (Wildman–Crippen MR) is 46.2 cm³/mol. The Balaban J connectivity index is 2.46. The molecule has 0 radical (unpaired) electrons. The summed E-state index contributed by atoms with van der Waals surface area (Å²) in [4.78, 5) is 0. The third-order valence-corrected chi connectivity index (χ3v) is 1.39. The summed E-state index contributed by atoms with van der Waals surface area (Å²) in [6.45, 7) is 6.13. The molecule has 60 valence electrons. The van der Waals surface area contributed by atoms with Crippen molar-refractivity contribution >= 4 is 0 Å². The van der Waals surface area contributed by atoms with Gasteiger partial charge in [-0.3, -0.25) is 0 Å². The monoisotopic (exact) mass is 151 g/mol. The van der Waals surface area contributed by atoms with Crippen LogP contribution < -0.4 is 5.32 Å². The van der Waals surface area contributed by atoms with Crippen molar-refractivity contribution in [3.8, 4) is 0 Å². The van der Waals surface area contributed by atoms with Crippen LogP contribution in [-0.4, -0.2) is 19.7 Å². The largest absolute Gasteiger partial charge is 0.493 e. The summed E-state index contributed by atoms with van der Waals surface area (Å²) >= 11 is 0. The van der Waals surface area contributed by atoms with Crippen molar-refractivity contribution < 1.29 is 4.74 Å². The van der Waals surface area contributed by atoms with Crippen molar-refractivity contribution in [1.29, 1.82) is 0 Å². The van der Waals surface area contributed by atoms with Crippen LogP contribution in [0.2, 0.25) is 0 Å². The summed E-state index contributed by atoms with van der Waals surface area (Å²) in [5.41, 5.74) is 0. The molecule has 0 aromatic carbocycles. The van der Waals surface area contributed by atoms with Gasteiger partial charge in [0.05, 0.1) is 0 Å². The molecule has 0 unspecified atom stereocenters. The fourth-order valence-corrected chi connectivity index (χ4v) is 0.854. The van der Waals surface area contributed by atoms with Gasteiger partial charge in [-0.05, 0) is 12.2 Å². The van der Waals surface area contributed by atoms with Gasteiger partial charge in [-0.15, -0.1) is 0 Å². The summed E-state index contributed by atoms with van der Waals surface area (Å²) in [5.74, 6) is 0.926. The Labute approximate surface area is 67.2 Å². The van der Waals surface area contributed by atoms with Gasteiger partial charge in [0.25, 0.3) is 0 Å². The molecule has 0 amide bonds. The molecule has 0 aliphatic carbocycles. The van der Waals surface area contributed by atoms with Crippen LogP contribution in [0.1, 0.15) is 0 Å². The molecule has 11 heavy (non-hydrogen) atoms. The fraction of sp³-hybridized carbons (Fsp3) is 0.333. The maximum Gasteiger partial charge on any atom is 0.116 e. The molecule has 0 fully saturated rings. The molecule has 1 aliphatic rings. The SMILES string of the molecule is C=C/C=C\C1=CCNCCO1. The molecule has 1 N–H and O–H groups in total. The lowest BCUT2D eigenvalue weighted by Crippen LogP contribution is -2.16. The Bertz CT molecular complexity index is 182. The van der Waals surface area contributed by atoms with Crippen LogP contribution in [0.3, 0.4) is 0 Å². The van der Waals surface area contributed by atoms with Crippen LogP contribution in [0.15, 0.2) is 36.6 Å². The number of ether oxygens (including phenoxy) is 1. The lowest BCUT2D eigenvalue weighted by atomic mass is 10.4. The summed E-state index contributed by atoms with van der Waals surface area (Å²) in [6.07, 6.45) is 7.55. The Morgan fingerprint density at radius 1 is 1.64 bits per heavy atom. The fourth-order valence-electron chi connectivity index (χ4n) is 0.854. The standard InChI is InChI=1S/C9H13NO/c1-2-3-4-9-5-6-10-7-8-11-9/h2-5,10H,1,6-8H2/b4-3-. The van der Waals surface area contributed by atoms with Gasteiger partial charge in [0, 0.05) is 13.1 Å². The molecule has 2 heteroatoms.